The molecule has 0 aromatic heterocycles. The Bertz CT molecular complexity index is 174. The van der Waals surface area contributed by atoms with Gasteiger partial charge in [-0.1, -0.05) is 8.44 Å². The monoisotopic (exact) mass is 172 g/mol. The van der Waals surface area contributed by atoms with Crippen molar-refractivity contribution in [2.45, 2.75) is 4.90 Å². The largest absolute Gasteiger partial charge is 0.497 e. The van der Waals surface area contributed by atoms with Gasteiger partial charge in [0.1, 0.15) is 5.75 Å². The fraction of sp³-hybridized carbons (Fsp3) is 0.143. The van der Waals surface area contributed by atoms with E-state index in [9.17, 15) is 0 Å². The zero-order chi connectivity index (χ0) is 7.40. The lowest BCUT2D eigenvalue weighted by Gasteiger charge is -1.98. The third-order valence-corrected chi connectivity index (χ3v) is 2.56. The summed E-state index contributed by atoms with van der Waals surface area (Å²) in [6, 6.07) is 7.95. The number of methoxy groups -OCH3 is 1. The maximum absolute atomic E-state index is 5.00. The second-order valence-corrected chi connectivity index (χ2v) is 3.21. The molecular formula is C7H9OPS. The van der Waals surface area contributed by atoms with E-state index in [0.29, 0.717) is 0 Å². The first-order chi connectivity index (χ1) is 4.86. The van der Waals surface area contributed by atoms with Crippen molar-refractivity contribution in [3.05, 3.63) is 24.3 Å². The van der Waals surface area contributed by atoms with E-state index < -0.39 is 0 Å². The Morgan fingerprint density at radius 1 is 1.30 bits per heavy atom. The number of benzene rings is 1. The highest BCUT2D eigenvalue weighted by atomic mass is 32.7. The number of hydrogen-bond donors (Lipinski definition) is 0. The Morgan fingerprint density at radius 3 is 2.30 bits per heavy atom. The van der Waals surface area contributed by atoms with Gasteiger partial charge in [0.2, 0.25) is 0 Å². The van der Waals surface area contributed by atoms with Gasteiger partial charge in [-0.25, -0.2) is 0 Å². The molecule has 1 atom stereocenters. The fourth-order valence-corrected chi connectivity index (χ4v) is 1.42. The van der Waals surface area contributed by atoms with Gasteiger partial charge in [0.25, 0.3) is 0 Å². The molecule has 0 aliphatic rings. The Labute approximate surface area is 67.1 Å². The minimum atomic E-state index is 0.905. The van der Waals surface area contributed by atoms with Crippen LogP contribution in [0, 0.1) is 0 Å². The minimum absolute atomic E-state index is 0.905. The number of hydrogen-bond acceptors (Lipinski definition) is 2. The molecule has 3 heteroatoms. The molecule has 0 saturated carbocycles. The molecule has 54 valence electrons. The van der Waals surface area contributed by atoms with E-state index in [2.05, 4.69) is 8.44 Å². The van der Waals surface area contributed by atoms with Crippen molar-refractivity contribution in [2.24, 2.45) is 0 Å². The Balaban J connectivity index is 2.80. The second-order valence-electron chi connectivity index (χ2n) is 1.79. The highest BCUT2D eigenvalue weighted by molar-refractivity contribution is 8.43. The van der Waals surface area contributed by atoms with Crippen LogP contribution in [0.25, 0.3) is 0 Å². The lowest BCUT2D eigenvalue weighted by atomic mass is 10.3. The van der Waals surface area contributed by atoms with Crippen molar-refractivity contribution in [2.75, 3.05) is 7.11 Å². The predicted molar refractivity (Wildman–Crippen MR) is 48.6 cm³/mol. The fourth-order valence-electron chi connectivity index (χ4n) is 0.654. The first kappa shape index (κ1) is 7.90. The SMILES string of the molecule is COc1ccc(SP)cc1. The van der Waals surface area contributed by atoms with Crippen LogP contribution in [0.15, 0.2) is 29.2 Å². The molecule has 1 aromatic rings. The quantitative estimate of drug-likeness (QED) is 0.634. The van der Waals surface area contributed by atoms with Gasteiger partial charge in [0.15, 0.2) is 0 Å². The van der Waals surface area contributed by atoms with Crippen molar-refractivity contribution in [3.8, 4) is 5.75 Å². The molecule has 0 aliphatic carbocycles. The van der Waals surface area contributed by atoms with Gasteiger partial charge in [-0.3, -0.25) is 0 Å². The standard InChI is InChI=1S/C7H9OPS/c1-8-6-2-4-7(10-9)5-3-6/h2-5H,9H2,1H3. The number of rotatable bonds is 2. The highest BCUT2D eigenvalue weighted by Gasteiger charge is 1.89. The summed E-state index contributed by atoms with van der Waals surface area (Å²) in [5.74, 6) is 0.905. The van der Waals surface area contributed by atoms with Gasteiger partial charge in [-0.15, -0.1) is 11.4 Å². The molecule has 0 spiro atoms. The van der Waals surface area contributed by atoms with E-state index in [-0.39, 0.29) is 0 Å². The Hall–Kier alpha value is -0.200. The summed E-state index contributed by atoms with van der Waals surface area (Å²) >= 11 is 1.65. The molecule has 0 aliphatic heterocycles. The van der Waals surface area contributed by atoms with E-state index >= 15 is 0 Å². The Kier molecular flexibility index (Phi) is 3.04. The molecule has 1 aromatic carbocycles. The van der Waals surface area contributed by atoms with Crippen LogP contribution in [0.2, 0.25) is 0 Å². The Morgan fingerprint density at radius 2 is 1.90 bits per heavy atom. The van der Waals surface area contributed by atoms with Gasteiger partial charge < -0.3 is 4.74 Å². The van der Waals surface area contributed by atoms with Gasteiger partial charge in [-0.05, 0) is 24.3 Å². The second kappa shape index (κ2) is 3.85. The molecule has 0 fully saturated rings. The third kappa shape index (κ3) is 1.89. The molecule has 0 radical (unpaired) electrons. The summed E-state index contributed by atoms with van der Waals surface area (Å²) in [5, 5.41) is 0. The zero-order valence-electron chi connectivity index (χ0n) is 5.70. The summed E-state index contributed by atoms with van der Waals surface area (Å²) in [5.41, 5.74) is 0. The van der Waals surface area contributed by atoms with Crippen LogP contribution in [0.4, 0.5) is 0 Å². The molecule has 0 heterocycles. The van der Waals surface area contributed by atoms with Crippen molar-refractivity contribution in [3.63, 3.8) is 0 Å². The minimum Gasteiger partial charge on any atom is -0.497 e. The maximum Gasteiger partial charge on any atom is 0.118 e. The first-order valence-electron chi connectivity index (χ1n) is 2.87. The molecule has 1 rings (SSSR count). The topological polar surface area (TPSA) is 9.23 Å². The van der Waals surface area contributed by atoms with Crippen molar-refractivity contribution < 1.29 is 4.74 Å². The average molecular weight is 172 g/mol. The molecule has 1 nitrogen and oxygen atoms in total. The van der Waals surface area contributed by atoms with Crippen molar-refractivity contribution in [1.29, 1.82) is 0 Å². The normalized spacial score (nSPS) is 9.40. The van der Waals surface area contributed by atoms with Crippen molar-refractivity contribution >= 4 is 19.8 Å². The van der Waals surface area contributed by atoms with E-state index in [0.717, 1.165) is 5.75 Å². The molecule has 0 amide bonds. The van der Waals surface area contributed by atoms with Crippen LogP contribution >= 0.6 is 19.8 Å². The van der Waals surface area contributed by atoms with Crippen LogP contribution in [-0.2, 0) is 0 Å². The van der Waals surface area contributed by atoms with Crippen LogP contribution in [0.3, 0.4) is 0 Å². The summed E-state index contributed by atoms with van der Waals surface area (Å²) in [6.07, 6.45) is 0. The average Bonchev–Trinajstić information content (AvgIpc) is 2.05. The summed E-state index contributed by atoms with van der Waals surface area (Å²) in [7, 11) is 4.27. The number of ether oxygens (including phenoxy) is 1. The van der Waals surface area contributed by atoms with E-state index in [1.54, 1.807) is 18.5 Å². The van der Waals surface area contributed by atoms with Gasteiger partial charge >= 0.3 is 0 Å². The van der Waals surface area contributed by atoms with E-state index in [1.165, 1.54) is 4.90 Å². The van der Waals surface area contributed by atoms with Gasteiger partial charge in [0, 0.05) is 4.90 Å². The summed E-state index contributed by atoms with van der Waals surface area (Å²) in [4.78, 5) is 1.23. The van der Waals surface area contributed by atoms with Crippen LogP contribution in [0.5, 0.6) is 5.75 Å². The zero-order valence-corrected chi connectivity index (χ0v) is 7.67. The van der Waals surface area contributed by atoms with Gasteiger partial charge in [0.05, 0.1) is 7.11 Å². The van der Waals surface area contributed by atoms with E-state index in [4.69, 9.17) is 4.74 Å². The molecule has 0 bridgehead atoms. The van der Waals surface area contributed by atoms with Crippen molar-refractivity contribution in [1.82, 2.24) is 0 Å². The smallest absolute Gasteiger partial charge is 0.118 e. The molecule has 0 N–H and O–H groups in total. The summed E-state index contributed by atoms with van der Waals surface area (Å²) in [6.45, 7) is 0. The van der Waals surface area contributed by atoms with Crippen LogP contribution in [0.1, 0.15) is 0 Å². The molecule has 1 unspecified atom stereocenters. The van der Waals surface area contributed by atoms with Gasteiger partial charge in [-0.2, -0.15) is 0 Å². The summed E-state index contributed by atoms with van der Waals surface area (Å²) < 4.78 is 5.00. The maximum atomic E-state index is 5.00. The molecule has 10 heavy (non-hydrogen) atoms. The first-order valence-corrected chi connectivity index (χ1v) is 5.17. The van der Waals surface area contributed by atoms with E-state index in [1.807, 2.05) is 24.3 Å². The molecular weight excluding hydrogens is 163 g/mol. The lowest BCUT2D eigenvalue weighted by Crippen LogP contribution is -1.79. The molecule has 0 saturated heterocycles. The van der Waals surface area contributed by atoms with Crippen LogP contribution < -0.4 is 4.74 Å². The van der Waals surface area contributed by atoms with Crippen LogP contribution in [-0.4, -0.2) is 7.11 Å². The lowest BCUT2D eigenvalue weighted by molar-refractivity contribution is 0.414. The third-order valence-electron chi connectivity index (χ3n) is 1.20. The predicted octanol–water partition coefficient (Wildman–Crippen LogP) is 2.58. The highest BCUT2D eigenvalue weighted by Crippen LogP contribution is 2.25.